The van der Waals surface area contributed by atoms with Gasteiger partial charge in [-0.3, -0.25) is 9.58 Å². The lowest BCUT2D eigenvalue weighted by Gasteiger charge is -2.38. The first kappa shape index (κ1) is 13.6. The minimum Gasteiger partial charge on any atom is -0.389 e. The maximum Gasteiger partial charge on any atom is 0.0768 e. The van der Waals surface area contributed by atoms with E-state index >= 15 is 0 Å². The van der Waals surface area contributed by atoms with E-state index in [-0.39, 0.29) is 0 Å². The minimum absolute atomic E-state index is 0.465. The Bertz CT molecular complexity index is 346. The summed E-state index contributed by atoms with van der Waals surface area (Å²) in [5.74, 6) is 0. The molecule has 0 spiro atoms. The molecule has 0 aromatic carbocycles. The largest absolute Gasteiger partial charge is 0.389 e. The Morgan fingerprint density at radius 3 is 2.78 bits per heavy atom. The number of nitrogens with zero attached hydrogens (tertiary/aromatic N) is 3. The molecule has 4 heteroatoms. The lowest BCUT2D eigenvalue weighted by atomic mass is 9.95. The highest BCUT2D eigenvalue weighted by atomic mass is 16.3. The molecule has 102 valence electrons. The lowest BCUT2D eigenvalue weighted by Crippen LogP contribution is -2.46. The van der Waals surface area contributed by atoms with Crippen molar-refractivity contribution in [1.82, 2.24) is 14.7 Å². The summed E-state index contributed by atoms with van der Waals surface area (Å²) in [5.41, 5.74) is -0.522. The van der Waals surface area contributed by atoms with E-state index in [1.807, 2.05) is 18.5 Å². The molecule has 0 saturated carbocycles. The molecule has 0 amide bonds. The van der Waals surface area contributed by atoms with E-state index in [4.69, 9.17) is 0 Å². The van der Waals surface area contributed by atoms with Crippen LogP contribution >= 0.6 is 0 Å². The average molecular weight is 251 g/mol. The molecule has 1 aliphatic rings. The second kappa shape index (κ2) is 5.85. The quantitative estimate of drug-likeness (QED) is 0.871. The number of likely N-dealkylation sites (tertiary alicyclic amines) is 1. The van der Waals surface area contributed by atoms with Crippen molar-refractivity contribution in [2.45, 2.75) is 51.2 Å². The predicted octanol–water partition coefficient (Wildman–Crippen LogP) is 2.07. The maximum absolute atomic E-state index is 10.4. The van der Waals surface area contributed by atoms with Crippen molar-refractivity contribution in [1.29, 1.82) is 0 Å². The number of aromatic nitrogens is 2. The third-order valence-electron chi connectivity index (χ3n) is 4.21. The molecule has 2 heterocycles. The second-order valence-electron chi connectivity index (χ2n) is 5.45. The average Bonchev–Trinajstić information content (AvgIpc) is 2.93. The topological polar surface area (TPSA) is 41.3 Å². The van der Waals surface area contributed by atoms with E-state index < -0.39 is 5.60 Å². The number of aliphatic hydroxyl groups is 1. The Hall–Kier alpha value is -0.870. The smallest absolute Gasteiger partial charge is 0.0768 e. The van der Waals surface area contributed by atoms with Crippen LogP contribution in [0.4, 0.5) is 0 Å². The fraction of sp³-hybridized carbons (Fsp3) is 0.786. The molecule has 1 aromatic heterocycles. The van der Waals surface area contributed by atoms with Gasteiger partial charge in [0.1, 0.15) is 0 Å². The highest BCUT2D eigenvalue weighted by Gasteiger charge is 2.29. The van der Waals surface area contributed by atoms with Gasteiger partial charge in [0, 0.05) is 25.5 Å². The van der Waals surface area contributed by atoms with Crippen LogP contribution in [0, 0.1) is 0 Å². The first-order chi connectivity index (χ1) is 8.67. The zero-order chi connectivity index (χ0) is 13.0. The van der Waals surface area contributed by atoms with Gasteiger partial charge in [-0.05, 0) is 38.3 Å². The van der Waals surface area contributed by atoms with E-state index in [2.05, 4.69) is 28.5 Å². The summed E-state index contributed by atoms with van der Waals surface area (Å²) in [6.45, 7) is 7.03. The van der Waals surface area contributed by atoms with Gasteiger partial charge < -0.3 is 5.11 Å². The first-order valence-electron chi connectivity index (χ1n) is 7.10. The normalized spacial score (nSPS) is 22.3. The van der Waals surface area contributed by atoms with E-state index in [1.54, 1.807) is 0 Å². The summed E-state index contributed by atoms with van der Waals surface area (Å²) in [5, 5.41) is 14.8. The van der Waals surface area contributed by atoms with Crippen LogP contribution < -0.4 is 0 Å². The van der Waals surface area contributed by atoms with Gasteiger partial charge in [-0.25, -0.2) is 0 Å². The standard InChI is InChI=1S/C14H25N3O/c1-3-14(18,4-2)12-16-9-5-7-13(11-16)17-10-6-8-15-17/h6,8,10,13,18H,3-5,7,9,11-12H2,1-2H3. The van der Waals surface area contributed by atoms with Crippen molar-refractivity contribution in [3.05, 3.63) is 18.5 Å². The van der Waals surface area contributed by atoms with Crippen LogP contribution in [0.2, 0.25) is 0 Å². The fourth-order valence-electron chi connectivity index (χ4n) is 2.78. The highest BCUT2D eigenvalue weighted by Crippen LogP contribution is 2.24. The maximum atomic E-state index is 10.4. The van der Waals surface area contributed by atoms with E-state index in [1.165, 1.54) is 12.8 Å². The molecule has 18 heavy (non-hydrogen) atoms. The summed E-state index contributed by atoms with van der Waals surface area (Å²) >= 11 is 0. The van der Waals surface area contributed by atoms with Crippen molar-refractivity contribution in [3.8, 4) is 0 Å². The molecule has 1 unspecified atom stereocenters. The molecular weight excluding hydrogens is 226 g/mol. The Balaban J connectivity index is 1.95. The number of β-amino-alcohol motifs (C(OH)–C–C–N with tert-alkyl or cyclic N) is 1. The fourth-order valence-corrected chi connectivity index (χ4v) is 2.78. The Labute approximate surface area is 110 Å². The third-order valence-corrected chi connectivity index (χ3v) is 4.21. The SMILES string of the molecule is CCC(O)(CC)CN1CCCC(n2cccn2)C1. The van der Waals surface area contributed by atoms with Crippen molar-refractivity contribution >= 4 is 0 Å². The van der Waals surface area contributed by atoms with Gasteiger partial charge in [0.15, 0.2) is 0 Å². The van der Waals surface area contributed by atoms with Crippen molar-refractivity contribution in [2.75, 3.05) is 19.6 Å². The Morgan fingerprint density at radius 1 is 1.39 bits per heavy atom. The van der Waals surface area contributed by atoms with Crippen LogP contribution in [0.5, 0.6) is 0 Å². The molecule has 0 aliphatic carbocycles. The number of rotatable bonds is 5. The van der Waals surface area contributed by atoms with Gasteiger partial charge in [-0.15, -0.1) is 0 Å². The summed E-state index contributed by atoms with van der Waals surface area (Å²) < 4.78 is 2.06. The van der Waals surface area contributed by atoms with Crippen LogP contribution in [-0.2, 0) is 0 Å². The zero-order valence-electron chi connectivity index (χ0n) is 11.5. The molecule has 1 N–H and O–H groups in total. The first-order valence-corrected chi connectivity index (χ1v) is 7.10. The van der Waals surface area contributed by atoms with E-state index in [0.29, 0.717) is 6.04 Å². The minimum atomic E-state index is -0.522. The monoisotopic (exact) mass is 251 g/mol. The van der Waals surface area contributed by atoms with Gasteiger partial charge in [-0.2, -0.15) is 5.10 Å². The van der Waals surface area contributed by atoms with Crippen molar-refractivity contribution in [2.24, 2.45) is 0 Å². The van der Waals surface area contributed by atoms with Gasteiger partial charge in [-0.1, -0.05) is 13.8 Å². The van der Waals surface area contributed by atoms with Gasteiger partial charge >= 0.3 is 0 Å². The van der Waals surface area contributed by atoms with Gasteiger partial charge in [0.2, 0.25) is 0 Å². The molecule has 4 nitrogen and oxygen atoms in total. The zero-order valence-corrected chi connectivity index (χ0v) is 11.5. The Morgan fingerprint density at radius 2 is 2.17 bits per heavy atom. The molecule has 0 bridgehead atoms. The number of piperidine rings is 1. The molecule has 1 aliphatic heterocycles. The summed E-state index contributed by atoms with van der Waals surface area (Å²) in [6, 6.07) is 2.44. The van der Waals surface area contributed by atoms with Crippen molar-refractivity contribution in [3.63, 3.8) is 0 Å². The van der Waals surface area contributed by atoms with Crippen LogP contribution in [-0.4, -0.2) is 45.0 Å². The summed E-state index contributed by atoms with van der Waals surface area (Å²) in [7, 11) is 0. The summed E-state index contributed by atoms with van der Waals surface area (Å²) in [6.07, 6.45) is 7.91. The van der Waals surface area contributed by atoms with Crippen LogP contribution in [0.3, 0.4) is 0 Å². The molecule has 1 atom stereocenters. The third kappa shape index (κ3) is 3.12. The molecule has 2 rings (SSSR count). The van der Waals surface area contributed by atoms with Gasteiger partial charge in [0.25, 0.3) is 0 Å². The summed E-state index contributed by atoms with van der Waals surface area (Å²) in [4.78, 5) is 2.39. The van der Waals surface area contributed by atoms with Crippen LogP contribution in [0.25, 0.3) is 0 Å². The highest BCUT2D eigenvalue weighted by molar-refractivity contribution is 4.87. The number of hydrogen-bond donors (Lipinski definition) is 1. The van der Waals surface area contributed by atoms with Crippen LogP contribution in [0.1, 0.15) is 45.6 Å². The van der Waals surface area contributed by atoms with Crippen LogP contribution in [0.15, 0.2) is 18.5 Å². The number of hydrogen-bond acceptors (Lipinski definition) is 3. The molecule has 1 aromatic rings. The Kier molecular flexibility index (Phi) is 4.40. The van der Waals surface area contributed by atoms with Gasteiger partial charge in [0.05, 0.1) is 11.6 Å². The molecular formula is C14H25N3O. The predicted molar refractivity (Wildman–Crippen MR) is 72.5 cm³/mol. The molecule has 1 fully saturated rings. The van der Waals surface area contributed by atoms with E-state index in [9.17, 15) is 5.11 Å². The molecule has 0 radical (unpaired) electrons. The van der Waals surface area contributed by atoms with Crippen molar-refractivity contribution < 1.29 is 5.11 Å². The van der Waals surface area contributed by atoms with E-state index in [0.717, 1.165) is 32.5 Å². The second-order valence-corrected chi connectivity index (χ2v) is 5.45. The lowest BCUT2D eigenvalue weighted by molar-refractivity contribution is -0.0134. The molecule has 1 saturated heterocycles.